The second kappa shape index (κ2) is 8.30. The SMILES string of the molecule is CCOc1ccc(C(=O)NC(=S)Nc2cc(C)c(O)c(C(=O)O)c2)cc1. The Morgan fingerprint density at radius 2 is 1.85 bits per heavy atom. The van der Waals surface area contributed by atoms with Gasteiger partial charge in [0.15, 0.2) is 5.11 Å². The number of thiocarbonyl (C=S) groups is 1. The summed E-state index contributed by atoms with van der Waals surface area (Å²) in [7, 11) is 0. The van der Waals surface area contributed by atoms with Crippen LogP contribution in [0, 0.1) is 6.92 Å². The van der Waals surface area contributed by atoms with E-state index in [-0.39, 0.29) is 16.4 Å². The molecule has 0 aromatic heterocycles. The highest BCUT2D eigenvalue weighted by molar-refractivity contribution is 7.80. The number of hydrogen-bond acceptors (Lipinski definition) is 5. The van der Waals surface area contributed by atoms with Gasteiger partial charge in [0.1, 0.15) is 17.1 Å². The van der Waals surface area contributed by atoms with Crippen LogP contribution in [0.15, 0.2) is 36.4 Å². The molecule has 0 saturated carbocycles. The summed E-state index contributed by atoms with van der Waals surface area (Å²) in [6.45, 7) is 3.96. The summed E-state index contributed by atoms with van der Waals surface area (Å²) in [5, 5.41) is 24.1. The molecule has 1 amide bonds. The second-order valence-electron chi connectivity index (χ2n) is 5.36. The van der Waals surface area contributed by atoms with Crippen molar-refractivity contribution in [2.75, 3.05) is 11.9 Å². The van der Waals surface area contributed by atoms with Crippen LogP contribution >= 0.6 is 12.2 Å². The van der Waals surface area contributed by atoms with Gasteiger partial charge in [0, 0.05) is 11.3 Å². The molecule has 8 heteroatoms. The minimum absolute atomic E-state index is 0.00492. The molecule has 7 nitrogen and oxygen atoms in total. The average molecular weight is 374 g/mol. The molecular formula is C18H18N2O5S. The molecule has 26 heavy (non-hydrogen) atoms. The van der Waals surface area contributed by atoms with Crippen molar-refractivity contribution in [1.82, 2.24) is 5.32 Å². The van der Waals surface area contributed by atoms with E-state index in [0.717, 1.165) is 0 Å². The normalized spacial score (nSPS) is 10.1. The number of aromatic carboxylic acids is 1. The topological polar surface area (TPSA) is 108 Å². The van der Waals surface area contributed by atoms with E-state index in [9.17, 15) is 14.7 Å². The number of carbonyl (C=O) groups is 2. The van der Waals surface area contributed by atoms with Gasteiger partial charge in [0.05, 0.1) is 6.61 Å². The lowest BCUT2D eigenvalue weighted by atomic mass is 10.1. The Morgan fingerprint density at radius 1 is 1.19 bits per heavy atom. The van der Waals surface area contributed by atoms with Gasteiger partial charge in [-0.3, -0.25) is 10.1 Å². The van der Waals surface area contributed by atoms with Gasteiger partial charge in [-0.2, -0.15) is 0 Å². The Bertz CT molecular complexity index is 849. The fourth-order valence-corrected chi connectivity index (χ4v) is 2.43. The largest absolute Gasteiger partial charge is 0.507 e. The molecular weight excluding hydrogens is 356 g/mol. The number of phenols is 1. The van der Waals surface area contributed by atoms with Gasteiger partial charge >= 0.3 is 5.97 Å². The maximum atomic E-state index is 12.2. The number of amides is 1. The maximum Gasteiger partial charge on any atom is 0.339 e. The Morgan fingerprint density at radius 3 is 2.42 bits per heavy atom. The van der Waals surface area contributed by atoms with Crippen LogP contribution in [0.1, 0.15) is 33.2 Å². The molecule has 0 bridgehead atoms. The second-order valence-corrected chi connectivity index (χ2v) is 5.77. The lowest BCUT2D eigenvalue weighted by Crippen LogP contribution is -2.34. The summed E-state index contributed by atoms with van der Waals surface area (Å²) in [5.74, 6) is -1.34. The molecule has 0 atom stereocenters. The van der Waals surface area contributed by atoms with Crippen LogP contribution in [-0.2, 0) is 0 Å². The number of benzene rings is 2. The number of nitrogens with one attached hydrogen (secondary N) is 2. The molecule has 2 aromatic carbocycles. The summed E-state index contributed by atoms with van der Waals surface area (Å²) >= 11 is 5.09. The van der Waals surface area contributed by atoms with Gasteiger partial charge in [-0.05, 0) is 68.0 Å². The number of rotatable bonds is 5. The minimum atomic E-state index is -1.27. The molecule has 2 aromatic rings. The van der Waals surface area contributed by atoms with Crippen molar-refractivity contribution in [2.24, 2.45) is 0 Å². The van der Waals surface area contributed by atoms with E-state index in [1.807, 2.05) is 6.92 Å². The van der Waals surface area contributed by atoms with Crippen LogP contribution in [0.4, 0.5) is 5.69 Å². The maximum absolute atomic E-state index is 12.2. The van der Waals surface area contributed by atoms with Crippen molar-refractivity contribution in [2.45, 2.75) is 13.8 Å². The molecule has 2 rings (SSSR count). The van der Waals surface area contributed by atoms with E-state index >= 15 is 0 Å². The number of carboxylic acid groups (broad SMARTS) is 1. The van der Waals surface area contributed by atoms with Gasteiger partial charge in [-0.25, -0.2) is 4.79 Å². The highest BCUT2D eigenvalue weighted by Gasteiger charge is 2.15. The number of anilines is 1. The molecule has 0 aliphatic heterocycles. The average Bonchev–Trinajstić information content (AvgIpc) is 2.58. The van der Waals surface area contributed by atoms with E-state index < -0.39 is 11.9 Å². The number of aromatic hydroxyl groups is 1. The summed E-state index contributed by atoms with van der Waals surface area (Å²) in [6, 6.07) is 9.33. The number of carboxylic acids is 1. The zero-order chi connectivity index (χ0) is 19.3. The lowest BCUT2D eigenvalue weighted by Gasteiger charge is -2.12. The van der Waals surface area contributed by atoms with Gasteiger partial charge in [-0.15, -0.1) is 0 Å². The molecule has 136 valence electrons. The third-order valence-corrected chi connectivity index (χ3v) is 3.65. The number of ether oxygens (including phenoxy) is 1. The third-order valence-electron chi connectivity index (χ3n) is 3.44. The number of aryl methyl sites for hydroxylation is 1. The van der Waals surface area contributed by atoms with E-state index in [0.29, 0.717) is 29.2 Å². The molecule has 0 unspecified atom stereocenters. The Balaban J connectivity index is 2.06. The van der Waals surface area contributed by atoms with Crippen molar-refractivity contribution in [3.05, 3.63) is 53.1 Å². The lowest BCUT2D eigenvalue weighted by molar-refractivity contribution is 0.0693. The molecule has 0 aliphatic carbocycles. The molecule has 0 aliphatic rings. The van der Waals surface area contributed by atoms with Crippen molar-refractivity contribution in [1.29, 1.82) is 0 Å². The van der Waals surface area contributed by atoms with E-state index in [1.54, 1.807) is 31.2 Å². The van der Waals surface area contributed by atoms with Crippen LogP contribution in [0.5, 0.6) is 11.5 Å². The van der Waals surface area contributed by atoms with Crippen LogP contribution in [-0.4, -0.2) is 33.8 Å². The van der Waals surface area contributed by atoms with Crippen molar-refractivity contribution >= 4 is 34.9 Å². The molecule has 0 spiro atoms. The molecule has 0 fully saturated rings. The zero-order valence-electron chi connectivity index (χ0n) is 14.2. The van der Waals surface area contributed by atoms with Gasteiger partial charge in [0.2, 0.25) is 0 Å². The van der Waals surface area contributed by atoms with Crippen LogP contribution in [0.2, 0.25) is 0 Å². The summed E-state index contributed by atoms with van der Waals surface area (Å²) in [6.07, 6.45) is 0. The molecule has 0 heterocycles. The van der Waals surface area contributed by atoms with Crippen molar-refractivity contribution < 1.29 is 24.5 Å². The highest BCUT2D eigenvalue weighted by Crippen LogP contribution is 2.26. The molecule has 0 saturated heterocycles. The number of carbonyl (C=O) groups excluding carboxylic acids is 1. The zero-order valence-corrected chi connectivity index (χ0v) is 15.0. The molecule has 0 radical (unpaired) electrons. The fourth-order valence-electron chi connectivity index (χ4n) is 2.22. The first-order valence-electron chi connectivity index (χ1n) is 7.74. The quantitative estimate of drug-likeness (QED) is 0.471. The van der Waals surface area contributed by atoms with E-state index in [4.69, 9.17) is 22.1 Å². The smallest absolute Gasteiger partial charge is 0.339 e. The first kappa shape index (κ1) is 19.2. The minimum Gasteiger partial charge on any atom is -0.507 e. The van der Waals surface area contributed by atoms with Crippen LogP contribution < -0.4 is 15.4 Å². The van der Waals surface area contributed by atoms with Crippen LogP contribution in [0.25, 0.3) is 0 Å². The Kier molecular flexibility index (Phi) is 6.13. The Labute approximate surface area is 155 Å². The Hall–Kier alpha value is -3.13. The van der Waals surface area contributed by atoms with Gasteiger partial charge in [-0.1, -0.05) is 0 Å². The third kappa shape index (κ3) is 4.70. The summed E-state index contributed by atoms with van der Waals surface area (Å²) in [4.78, 5) is 23.3. The first-order valence-corrected chi connectivity index (χ1v) is 8.14. The van der Waals surface area contributed by atoms with Crippen molar-refractivity contribution in [3.8, 4) is 11.5 Å². The molecule has 4 N–H and O–H groups in total. The van der Waals surface area contributed by atoms with E-state index in [1.165, 1.54) is 12.1 Å². The predicted octanol–water partition coefficient (Wildman–Crippen LogP) is 2.92. The number of hydrogen-bond donors (Lipinski definition) is 4. The fraction of sp³-hybridized carbons (Fsp3) is 0.167. The predicted molar refractivity (Wildman–Crippen MR) is 101 cm³/mol. The first-order chi connectivity index (χ1) is 12.3. The summed E-state index contributed by atoms with van der Waals surface area (Å²) in [5.41, 5.74) is 0.849. The summed E-state index contributed by atoms with van der Waals surface area (Å²) < 4.78 is 5.31. The van der Waals surface area contributed by atoms with Gasteiger partial charge < -0.3 is 20.3 Å². The standard InChI is InChI=1S/C18H18N2O5S/c1-3-25-13-6-4-11(5-7-13)16(22)20-18(26)19-12-8-10(2)15(21)14(9-12)17(23)24/h4-9,21H,3H2,1-2H3,(H,23,24)(H2,19,20,22,26). The van der Waals surface area contributed by atoms with Crippen LogP contribution in [0.3, 0.4) is 0 Å². The van der Waals surface area contributed by atoms with Gasteiger partial charge in [0.25, 0.3) is 5.91 Å². The van der Waals surface area contributed by atoms with E-state index in [2.05, 4.69) is 10.6 Å². The monoisotopic (exact) mass is 374 g/mol. The van der Waals surface area contributed by atoms with Crippen molar-refractivity contribution in [3.63, 3.8) is 0 Å². The highest BCUT2D eigenvalue weighted by atomic mass is 32.1.